The first-order valence-electron chi connectivity index (χ1n) is 4.54. The Kier molecular flexibility index (Phi) is 3.99. The van der Waals surface area contributed by atoms with Gasteiger partial charge in [0.25, 0.3) is 0 Å². The molecule has 1 atom stereocenters. The van der Waals surface area contributed by atoms with E-state index in [0.717, 1.165) is 24.4 Å². The van der Waals surface area contributed by atoms with Crippen LogP contribution >= 0.6 is 0 Å². The Labute approximate surface area is 78.9 Å². The summed E-state index contributed by atoms with van der Waals surface area (Å²) in [6, 6.07) is 4.16. The molecule has 13 heavy (non-hydrogen) atoms. The van der Waals surface area contributed by atoms with E-state index >= 15 is 0 Å². The molecule has 0 fully saturated rings. The summed E-state index contributed by atoms with van der Waals surface area (Å²) in [5, 5.41) is 0. The molecule has 0 aliphatic heterocycles. The highest BCUT2D eigenvalue weighted by Gasteiger charge is 2.02. The van der Waals surface area contributed by atoms with Gasteiger partial charge in [-0.3, -0.25) is 0 Å². The fourth-order valence-corrected chi connectivity index (χ4v) is 1.15. The van der Waals surface area contributed by atoms with Gasteiger partial charge in [-0.1, -0.05) is 0 Å². The number of methoxy groups -OCH3 is 1. The first-order chi connectivity index (χ1) is 6.22. The Bertz CT molecular complexity index is 243. The Morgan fingerprint density at radius 3 is 2.77 bits per heavy atom. The van der Waals surface area contributed by atoms with E-state index < -0.39 is 0 Å². The van der Waals surface area contributed by atoms with Crippen molar-refractivity contribution in [2.75, 3.05) is 7.11 Å². The number of furan rings is 1. The third kappa shape index (κ3) is 3.61. The fourth-order valence-electron chi connectivity index (χ4n) is 1.15. The minimum absolute atomic E-state index is 0.232. The van der Waals surface area contributed by atoms with Gasteiger partial charge in [0, 0.05) is 19.6 Å². The van der Waals surface area contributed by atoms with E-state index in [4.69, 9.17) is 14.9 Å². The molecule has 1 aromatic rings. The number of rotatable bonds is 5. The van der Waals surface area contributed by atoms with Gasteiger partial charge in [-0.15, -0.1) is 0 Å². The lowest BCUT2D eigenvalue weighted by atomic mass is 10.2. The van der Waals surface area contributed by atoms with Crippen molar-refractivity contribution < 1.29 is 9.15 Å². The molecular formula is C10H17NO2. The zero-order valence-electron chi connectivity index (χ0n) is 8.25. The molecule has 0 unspecified atom stereocenters. The molecule has 0 amide bonds. The maximum Gasteiger partial charge on any atom is 0.129 e. The lowest BCUT2D eigenvalue weighted by Gasteiger charge is -2.01. The molecule has 1 aromatic heterocycles. The third-order valence-electron chi connectivity index (χ3n) is 1.85. The second-order valence-electron chi connectivity index (χ2n) is 3.32. The van der Waals surface area contributed by atoms with Crippen LogP contribution in [0, 0.1) is 0 Å². The van der Waals surface area contributed by atoms with Crippen LogP contribution < -0.4 is 5.73 Å². The van der Waals surface area contributed by atoms with E-state index in [1.165, 1.54) is 0 Å². The molecule has 2 N–H and O–H groups in total. The van der Waals surface area contributed by atoms with Crippen molar-refractivity contribution in [2.45, 2.75) is 32.4 Å². The number of nitrogens with two attached hydrogens (primary N) is 1. The summed E-state index contributed by atoms with van der Waals surface area (Å²) in [6.45, 7) is 2.54. The molecule has 0 aromatic carbocycles. The summed E-state index contributed by atoms with van der Waals surface area (Å²) in [4.78, 5) is 0. The molecule has 0 saturated heterocycles. The first-order valence-corrected chi connectivity index (χ1v) is 4.54. The molecule has 3 heteroatoms. The van der Waals surface area contributed by atoms with Gasteiger partial charge in [0.1, 0.15) is 18.1 Å². The molecular weight excluding hydrogens is 166 g/mol. The predicted octanol–water partition coefficient (Wildman–Crippen LogP) is 1.71. The quantitative estimate of drug-likeness (QED) is 0.756. The second-order valence-corrected chi connectivity index (χ2v) is 3.32. The minimum atomic E-state index is 0.232. The van der Waals surface area contributed by atoms with Crippen LogP contribution in [0.15, 0.2) is 16.5 Å². The van der Waals surface area contributed by atoms with E-state index in [9.17, 15) is 0 Å². The maximum absolute atomic E-state index is 5.64. The first kappa shape index (κ1) is 10.3. The summed E-state index contributed by atoms with van der Waals surface area (Å²) in [7, 11) is 1.66. The molecule has 3 nitrogen and oxygen atoms in total. The van der Waals surface area contributed by atoms with E-state index in [2.05, 4.69) is 0 Å². The van der Waals surface area contributed by atoms with E-state index in [1.54, 1.807) is 7.11 Å². The molecule has 1 rings (SSSR count). The van der Waals surface area contributed by atoms with Crippen LogP contribution in [0.2, 0.25) is 0 Å². The zero-order chi connectivity index (χ0) is 9.68. The molecule has 0 spiro atoms. The topological polar surface area (TPSA) is 48.4 Å². The van der Waals surface area contributed by atoms with Crippen molar-refractivity contribution in [2.24, 2.45) is 5.73 Å². The van der Waals surface area contributed by atoms with Crippen molar-refractivity contribution in [3.63, 3.8) is 0 Å². The molecule has 74 valence electrons. The van der Waals surface area contributed by atoms with Gasteiger partial charge in [0.05, 0.1) is 0 Å². The Balaban J connectivity index is 2.39. The smallest absolute Gasteiger partial charge is 0.129 e. The van der Waals surface area contributed by atoms with Gasteiger partial charge >= 0.3 is 0 Å². The van der Waals surface area contributed by atoms with Crippen molar-refractivity contribution in [3.8, 4) is 0 Å². The van der Waals surface area contributed by atoms with Crippen LogP contribution in [0.1, 0.15) is 24.9 Å². The minimum Gasteiger partial charge on any atom is -0.464 e. The Morgan fingerprint density at radius 1 is 1.46 bits per heavy atom. The van der Waals surface area contributed by atoms with Crippen LogP contribution in [-0.2, 0) is 17.8 Å². The summed E-state index contributed by atoms with van der Waals surface area (Å²) in [5.74, 6) is 1.87. The molecule has 0 saturated carbocycles. The molecule has 0 aliphatic rings. The van der Waals surface area contributed by atoms with Crippen molar-refractivity contribution >= 4 is 0 Å². The number of hydrogen-bond acceptors (Lipinski definition) is 3. The average molecular weight is 183 g/mol. The third-order valence-corrected chi connectivity index (χ3v) is 1.85. The largest absolute Gasteiger partial charge is 0.464 e. The predicted molar refractivity (Wildman–Crippen MR) is 51.4 cm³/mol. The van der Waals surface area contributed by atoms with Crippen molar-refractivity contribution in [1.29, 1.82) is 0 Å². The van der Waals surface area contributed by atoms with Gasteiger partial charge < -0.3 is 14.9 Å². The van der Waals surface area contributed by atoms with Gasteiger partial charge in [-0.05, 0) is 25.5 Å². The standard InChI is InChI=1S/C10H17NO2/c1-8(11)3-4-9-5-6-10(13-9)7-12-2/h5-6,8H,3-4,7,11H2,1-2H3/t8-/m1/s1. The summed E-state index contributed by atoms with van der Waals surface area (Å²) in [5.41, 5.74) is 5.64. The van der Waals surface area contributed by atoms with Gasteiger partial charge in [0.15, 0.2) is 0 Å². The highest BCUT2D eigenvalue weighted by atomic mass is 16.5. The second kappa shape index (κ2) is 5.04. The molecule has 1 heterocycles. The lowest BCUT2D eigenvalue weighted by Crippen LogP contribution is -2.15. The van der Waals surface area contributed by atoms with Crippen molar-refractivity contribution in [3.05, 3.63) is 23.7 Å². The Hall–Kier alpha value is -0.800. The summed E-state index contributed by atoms with van der Waals surface area (Å²) in [6.07, 6.45) is 1.86. The van der Waals surface area contributed by atoms with Gasteiger partial charge in [-0.25, -0.2) is 0 Å². The van der Waals surface area contributed by atoms with Crippen LogP contribution in [0.4, 0.5) is 0 Å². The SMILES string of the molecule is COCc1ccc(CC[C@@H](C)N)o1. The normalized spacial score (nSPS) is 13.2. The van der Waals surface area contributed by atoms with Crippen LogP contribution in [0.3, 0.4) is 0 Å². The highest BCUT2D eigenvalue weighted by Crippen LogP contribution is 2.11. The monoisotopic (exact) mass is 183 g/mol. The maximum atomic E-state index is 5.64. The highest BCUT2D eigenvalue weighted by molar-refractivity contribution is 5.06. The van der Waals surface area contributed by atoms with Crippen LogP contribution in [0.5, 0.6) is 0 Å². The van der Waals surface area contributed by atoms with E-state index in [-0.39, 0.29) is 6.04 Å². The fraction of sp³-hybridized carbons (Fsp3) is 0.600. The lowest BCUT2D eigenvalue weighted by molar-refractivity contribution is 0.162. The number of hydrogen-bond donors (Lipinski definition) is 1. The van der Waals surface area contributed by atoms with Crippen LogP contribution in [-0.4, -0.2) is 13.2 Å². The molecule has 0 bridgehead atoms. The van der Waals surface area contributed by atoms with E-state index in [1.807, 2.05) is 19.1 Å². The summed E-state index contributed by atoms with van der Waals surface area (Å²) < 4.78 is 10.4. The van der Waals surface area contributed by atoms with Crippen LogP contribution in [0.25, 0.3) is 0 Å². The average Bonchev–Trinajstić information content (AvgIpc) is 2.50. The Morgan fingerprint density at radius 2 is 2.15 bits per heavy atom. The molecule has 0 radical (unpaired) electrons. The van der Waals surface area contributed by atoms with Gasteiger partial charge in [-0.2, -0.15) is 0 Å². The van der Waals surface area contributed by atoms with E-state index in [0.29, 0.717) is 6.61 Å². The van der Waals surface area contributed by atoms with Gasteiger partial charge in [0.2, 0.25) is 0 Å². The summed E-state index contributed by atoms with van der Waals surface area (Å²) >= 11 is 0. The number of aryl methyl sites for hydroxylation is 1. The zero-order valence-corrected chi connectivity index (χ0v) is 8.25. The van der Waals surface area contributed by atoms with Crippen molar-refractivity contribution in [1.82, 2.24) is 0 Å². The number of ether oxygens (including phenoxy) is 1. The molecule has 0 aliphatic carbocycles.